The van der Waals surface area contributed by atoms with Crippen LogP contribution in [0.25, 0.3) is 0 Å². The summed E-state index contributed by atoms with van der Waals surface area (Å²) in [7, 11) is -3.66. The number of carbonyl (C=O) groups excluding carboxylic acids is 1. The maximum atomic E-state index is 12.5. The SMILES string of the molecule is O=C(Nc1ccc(N2CCCC2)cc1)c1ccc(NS(=O)(=O)c2ccccc2)cc1. The van der Waals surface area contributed by atoms with Gasteiger partial charge < -0.3 is 10.2 Å². The number of carbonyl (C=O) groups is 1. The van der Waals surface area contributed by atoms with E-state index < -0.39 is 10.0 Å². The van der Waals surface area contributed by atoms with Gasteiger partial charge in [-0.05, 0) is 73.5 Å². The lowest BCUT2D eigenvalue weighted by atomic mass is 10.2. The molecule has 1 amide bonds. The van der Waals surface area contributed by atoms with Gasteiger partial charge in [0.2, 0.25) is 0 Å². The van der Waals surface area contributed by atoms with Crippen molar-refractivity contribution in [2.45, 2.75) is 17.7 Å². The quantitative estimate of drug-likeness (QED) is 0.621. The van der Waals surface area contributed by atoms with Crippen LogP contribution in [0.15, 0.2) is 83.8 Å². The van der Waals surface area contributed by atoms with Crippen LogP contribution in [-0.2, 0) is 10.0 Å². The molecule has 1 aliphatic rings. The van der Waals surface area contributed by atoms with E-state index in [0.717, 1.165) is 18.8 Å². The molecule has 30 heavy (non-hydrogen) atoms. The molecule has 0 radical (unpaired) electrons. The predicted octanol–water partition coefficient (Wildman–Crippen LogP) is 4.34. The van der Waals surface area contributed by atoms with E-state index in [1.165, 1.54) is 30.7 Å². The van der Waals surface area contributed by atoms with Gasteiger partial charge >= 0.3 is 0 Å². The summed E-state index contributed by atoms with van der Waals surface area (Å²) in [6.07, 6.45) is 2.44. The van der Waals surface area contributed by atoms with Gasteiger partial charge in [-0.2, -0.15) is 0 Å². The summed E-state index contributed by atoms with van der Waals surface area (Å²) < 4.78 is 27.3. The number of hydrogen-bond donors (Lipinski definition) is 2. The Bertz CT molecular complexity index is 1110. The molecule has 0 spiro atoms. The number of sulfonamides is 1. The lowest BCUT2D eigenvalue weighted by Gasteiger charge is -2.17. The van der Waals surface area contributed by atoms with Crippen LogP contribution in [0.4, 0.5) is 17.1 Å². The van der Waals surface area contributed by atoms with Gasteiger partial charge in [-0.25, -0.2) is 8.42 Å². The average Bonchev–Trinajstić information content (AvgIpc) is 3.30. The first-order valence-corrected chi connectivity index (χ1v) is 11.3. The summed E-state index contributed by atoms with van der Waals surface area (Å²) in [5.74, 6) is -0.249. The molecule has 6 nitrogen and oxygen atoms in total. The zero-order chi connectivity index (χ0) is 21.0. The Morgan fingerprint density at radius 3 is 2.00 bits per heavy atom. The molecule has 7 heteroatoms. The molecule has 3 aromatic carbocycles. The normalized spacial score (nSPS) is 13.8. The van der Waals surface area contributed by atoms with Gasteiger partial charge in [0.25, 0.3) is 15.9 Å². The van der Waals surface area contributed by atoms with Gasteiger partial charge in [0.15, 0.2) is 0 Å². The van der Waals surface area contributed by atoms with Gasteiger partial charge in [0, 0.05) is 35.7 Å². The van der Waals surface area contributed by atoms with Crippen molar-refractivity contribution in [2.75, 3.05) is 28.0 Å². The molecule has 1 saturated heterocycles. The molecule has 1 aliphatic heterocycles. The minimum absolute atomic E-state index is 0.184. The fraction of sp³-hybridized carbons (Fsp3) is 0.174. The van der Waals surface area contributed by atoms with Crippen LogP contribution in [0.1, 0.15) is 23.2 Å². The zero-order valence-electron chi connectivity index (χ0n) is 16.4. The first-order valence-electron chi connectivity index (χ1n) is 9.86. The molecule has 4 rings (SSSR count). The summed E-state index contributed by atoms with van der Waals surface area (Å²) in [6.45, 7) is 2.15. The molecular formula is C23H23N3O3S. The number of amides is 1. The number of benzene rings is 3. The molecule has 0 atom stereocenters. The molecule has 1 fully saturated rings. The second-order valence-corrected chi connectivity index (χ2v) is 8.87. The van der Waals surface area contributed by atoms with E-state index in [4.69, 9.17) is 0 Å². The molecular weight excluding hydrogens is 398 g/mol. The fourth-order valence-corrected chi connectivity index (χ4v) is 4.52. The van der Waals surface area contributed by atoms with Gasteiger partial charge in [-0.1, -0.05) is 18.2 Å². The number of hydrogen-bond acceptors (Lipinski definition) is 4. The maximum Gasteiger partial charge on any atom is 0.261 e. The molecule has 0 unspecified atom stereocenters. The number of rotatable bonds is 6. The summed E-state index contributed by atoms with van der Waals surface area (Å²) in [4.78, 5) is 15.0. The third-order valence-corrected chi connectivity index (χ3v) is 6.45. The first-order chi connectivity index (χ1) is 14.5. The molecule has 0 aliphatic carbocycles. The Morgan fingerprint density at radius 1 is 0.767 bits per heavy atom. The highest BCUT2D eigenvalue weighted by Crippen LogP contribution is 2.23. The molecule has 154 valence electrons. The third kappa shape index (κ3) is 4.63. The van der Waals surface area contributed by atoms with Crippen molar-refractivity contribution in [3.63, 3.8) is 0 Å². The second kappa shape index (κ2) is 8.59. The third-order valence-electron chi connectivity index (χ3n) is 5.05. The largest absolute Gasteiger partial charge is 0.372 e. The van der Waals surface area contributed by atoms with Crippen molar-refractivity contribution in [3.05, 3.63) is 84.4 Å². The molecule has 0 aromatic heterocycles. The van der Waals surface area contributed by atoms with E-state index in [-0.39, 0.29) is 10.8 Å². The number of nitrogens with zero attached hydrogens (tertiary/aromatic N) is 1. The Kier molecular flexibility index (Phi) is 5.72. The van der Waals surface area contributed by atoms with E-state index in [9.17, 15) is 13.2 Å². The van der Waals surface area contributed by atoms with Crippen LogP contribution < -0.4 is 14.9 Å². The zero-order valence-corrected chi connectivity index (χ0v) is 17.2. The van der Waals surface area contributed by atoms with Crippen molar-refractivity contribution in [2.24, 2.45) is 0 Å². The van der Waals surface area contributed by atoms with Crippen LogP contribution in [0.3, 0.4) is 0 Å². The van der Waals surface area contributed by atoms with Crippen LogP contribution in [0.2, 0.25) is 0 Å². The van der Waals surface area contributed by atoms with E-state index in [2.05, 4.69) is 14.9 Å². The minimum Gasteiger partial charge on any atom is -0.372 e. The molecule has 0 saturated carbocycles. The van der Waals surface area contributed by atoms with Gasteiger partial charge in [0.05, 0.1) is 4.90 Å². The molecule has 3 aromatic rings. The summed E-state index contributed by atoms with van der Waals surface area (Å²) in [5, 5.41) is 2.87. The number of nitrogens with one attached hydrogen (secondary N) is 2. The highest BCUT2D eigenvalue weighted by atomic mass is 32.2. The van der Waals surface area contributed by atoms with Crippen LogP contribution >= 0.6 is 0 Å². The second-order valence-electron chi connectivity index (χ2n) is 7.19. The fourth-order valence-electron chi connectivity index (χ4n) is 3.44. The highest BCUT2D eigenvalue weighted by Gasteiger charge is 2.15. The van der Waals surface area contributed by atoms with Crippen LogP contribution in [0.5, 0.6) is 0 Å². The lowest BCUT2D eigenvalue weighted by Crippen LogP contribution is -2.17. The Balaban J connectivity index is 1.39. The van der Waals surface area contributed by atoms with Crippen molar-refractivity contribution in [1.29, 1.82) is 0 Å². The minimum atomic E-state index is -3.66. The maximum absolute atomic E-state index is 12.5. The van der Waals surface area contributed by atoms with Gasteiger partial charge in [-0.15, -0.1) is 0 Å². The standard InChI is InChI=1S/C23H23N3O3S/c27-23(24-19-12-14-21(15-13-19)26-16-4-5-17-26)18-8-10-20(11-9-18)25-30(28,29)22-6-2-1-3-7-22/h1-3,6-15,25H,4-5,16-17H2,(H,24,27). The Morgan fingerprint density at radius 2 is 1.37 bits per heavy atom. The van der Waals surface area contributed by atoms with E-state index >= 15 is 0 Å². The number of anilines is 3. The smallest absolute Gasteiger partial charge is 0.261 e. The molecule has 1 heterocycles. The van der Waals surface area contributed by atoms with E-state index in [1.54, 1.807) is 42.5 Å². The summed E-state index contributed by atoms with van der Waals surface area (Å²) in [6, 6.07) is 22.3. The summed E-state index contributed by atoms with van der Waals surface area (Å²) >= 11 is 0. The Hall–Kier alpha value is -3.32. The van der Waals surface area contributed by atoms with Crippen molar-refractivity contribution >= 4 is 33.0 Å². The van der Waals surface area contributed by atoms with Crippen LogP contribution in [0, 0.1) is 0 Å². The highest BCUT2D eigenvalue weighted by molar-refractivity contribution is 7.92. The van der Waals surface area contributed by atoms with Gasteiger partial charge in [0.1, 0.15) is 0 Å². The molecule has 0 bridgehead atoms. The van der Waals surface area contributed by atoms with Crippen molar-refractivity contribution < 1.29 is 13.2 Å². The lowest BCUT2D eigenvalue weighted by molar-refractivity contribution is 0.102. The van der Waals surface area contributed by atoms with Crippen LogP contribution in [-0.4, -0.2) is 27.4 Å². The average molecular weight is 422 g/mol. The predicted molar refractivity (Wildman–Crippen MR) is 120 cm³/mol. The first kappa shape index (κ1) is 20.0. The van der Waals surface area contributed by atoms with E-state index in [1.807, 2.05) is 24.3 Å². The Labute approximate surface area is 176 Å². The molecule has 2 N–H and O–H groups in total. The van der Waals surface area contributed by atoms with Crippen molar-refractivity contribution in [3.8, 4) is 0 Å². The van der Waals surface area contributed by atoms with Gasteiger partial charge in [-0.3, -0.25) is 9.52 Å². The summed E-state index contributed by atoms with van der Waals surface area (Å²) in [5.41, 5.74) is 2.73. The van der Waals surface area contributed by atoms with E-state index in [0.29, 0.717) is 11.3 Å². The van der Waals surface area contributed by atoms with Crippen molar-refractivity contribution in [1.82, 2.24) is 0 Å². The topological polar surface area (TPSA) is 78.5 Å². The monoisotopic (exact) mass is 421 g/mol.